The summed E-state index contributed by atoms with van der Waals surface area (Å²) in [7, 11) is 0. The molecule has 1 fully saturated rings. The van der Waals surface area contributed by atoms with Crippen LogP contribution in [0, 0.1) is 5.92 Å². The first-order chi connectivity index (χ1) is 14.1. The lowest BCUT2D eigenvalue weighted by atomic mass is 9.97. The van der Waals surface area contributed by atoms with Crippen molar-refractivity contribution in [3.63, 3.8) is 0 Å². The molecular weight excluding hydrogens is 406 g/mol. The molecule has 1 aliphatic heterocycles. The van der Waals surface area contributed by atoms with Gasteiger partial charge in [0.2, 0.25) is 0 Å². The van der Waals surface area contributed by atoms with Crippen molar-refractivity contribution in [1.29, 1.82) is 0 Å². The van der Waals surface area contributed by atoms with Crippen LogP contribution in [0.5, 0.6) is 5.75 Å². The van der Waals surface area contributed by atoms with E-state index in [9.17, 15) is 9.59 Å². The Hall–Kier alpha value is -2.63. The van der Waals surface area contributed by atoms with Crippen molar-refractivity contribution in [2.45, 2.75) is 12.8 Å². The van der Waals surface area contributed by atoms with Crippen LogP contribution >= 0.6 is 22.9 Å². The van der Waals surface area contributed by atoms with E-state index in [2.05, 4.69) is 0 Å². The lowest BCUT2D eigenvalue weighted by Gasteiger charge is -2.30. The van der Waals surface area contributed by atoms with Crippen molar-refractivity contribution < 1.29 is 14.3 Å². The Balaban J connectivity index is 1.36. The van der Waals surface area contributed by atoms with Gasteiger partial charge in [-0.05, 0) is 47.5 Å². The Kier molecular flexibility index (Phi) is 5.97. The predicted octanol–water partition coefficient (Wildman–Crippen LogP) is 5.53. The Bertz CT molecular complexity index is 996. The number of rotatable bonds is 4. The minimum absolute atomic E-state index is 0.0337. The zero-order chi connectivity index (χ0) is 20.2. The van der Waals surface area contributed by atoms with Gasteiger partial charge in [-0.25, -0.2) is 0 Å². The Morgan fingerprint density at radius 2 is 1.72 bits per heavy atom. The lowest BCUT2D eigenvalue weighted by Crippen LogP contribution is -2.40. The molecule has 0 bridgehead atoms. The van der Waals surface area contributed by atoms with Crippen LogP contribution in [-0.4, -0.2) is 29.9 Å². The molecule has 0 saturated carbocycles. The van der Waals surface area contributed by atoms with Gasteiger partial charge in [0, 0.05) is 13.1 Å². The Morgan fingerprint density at radius 3 is 2.38 bits per heavy atom. The molecule has 4 nitrogen and oxygen atoms in total. The molecule has 0 radical (unpaired) electrons. The topological polar surface area (TPSA) is 46.6 Å². The van der Waals surface area contributed by atoms with Gasteiger partial charge in [0.05, 0.1) is 15.8 Å². The molecule has 1 aliphatic rings. The molecule has 0 N–H and O–H groups in total. The van der Waals surface area contributed by atoms with Crippen LogP contribution in [0.15, 0.2) is 66.0 Å². The third kappa shape index (κ3) is 4.52. The van der Waals surface area contributed by atoms with E-state index >= 15 is 0 Å². The van der Waals surface area contributed by atoms with E-state index in [-0.39, 0.29) is 17.8 Å². The van der Waals surface area contributed by atoms with Gasteiger partial charge in [0.1, 0.15) is 5.75 Å². The fraction of sp³-hybridized carbons (Fsp3) is 0.217. The standard InChI is InChI=1S/C23H20ClNO3S/c24-19-15-18(16-5-2-1-3-6-16)8-9-20(19)28-23(27)17-10-12-25(13-11-17)22(26)21-7-4-14-29-21/h1-9,14-15,17H,10-13H2. The molecule has 4 rings (SSSR count). The number of hydrogen-bond donors (Lipinski definition) is 0. The second kappa shape index (κ2) is 8.80. The van der Waals surface area contributed by atoms with Crippen LogP contribution in [0.3, 0.4) is 0 Å². The summed E-state index contributed by atoms with van der Waals surface area (Å²) in [5, 5.41) is 2.30. The number of halogens is 1. The number of carbonyl (C=O) groups is 2. The summed E-state index contributed by atoms with van der Waals surface area (Å²) in [5.41, 5.74) is 2.02. The van der Waals surface area contributed by atoms with Crippen LogP contribution in [0.4, 0.5) is 0 Å². The second-order valence-electron chi connectivity index (χ2n) is 6.98. The number of nitrogens with zero attached hydrogens (tertiary/aromatic N) is 1. The third-order valence-electron chi connectivity index (χ3n) is 5.10. The average Bonchev–Trinajstić information content (AvgIpc) is 3.30. The number of esters is 1. The highest BCUT2D eigenvalue weighted by molar-refractivity contribution is 7.12. The minimum atomic E-state index is -0.289. The molecule has 0 spiro atoms. The summed E-state index contributed by atoms with van der Waals surface area (Å²) in [4.78, 5) is 27.6. The molecule has 0 aliphatic carbocycles. The van der Waals surface area contributed by atoms with Crippen molar-refractivity contribution in [2.75, 3.05) is 13.1 Å². The number of hydrogen-bond acceptors (Lipinski definition) is 4. The number of ether oxygens (including phenoxy) is 1. The molecule has 0 unspecified atom stereocenters. The second-order valence-corrected chi connectivity index (χ2v) is 8.33. The number of piperidine rings is 1. The maximum Gasteiger partial charge on any atom is 0.314 e. The normalized spacial score (nSPS) is 14.6. The van der Waals surface area contributed by atoms with E-state index in [1.54, 1.807) is 11.0 Å². The summed E-state index contributed by atoms with van der Waals surface area (Å²) < 4.78 is 5.57. The largest absolute Gasteiger partial charge is 0.425 e. The van der Waals surface area contributed by atoms with Crippen LogP contribution in [-0.2, 0) is 4.79 Å². The molecule has 1 saturated heterocycles. The molecule has 1 aromatic heterocycles. The van der Waals surface area contributed by atoms with Gasteiger partial charge in [0.25, 0.3) is 5.91 Å². The molecule has 2 aromatic carbocycles. The van der Waals surface area contributed by atoms with E-state index in [0.717, 1.165) is 16.0 Å². The highest BCUT2D eigenvalue weighted by Gasteiger charge is 2.29. The van der Waals surface area contributed by atoms with Crippen LogP contribution in [0.1, 0.15) is 22.5 Å². The molecule has 2 heterocycles. The van der Waals surface area contributed by atoms with E-state index in [1.165, 1.54) is 11.3 Å². The minimum Gasteiger partial charge on any atom is -0.425 e. The number of likely N-dealkylation sites (tertiary alicyclic amines) is 1. The van der Waals surface area contributed by atoms with Gasteiger partial charge in [-0.2, -0.15) is 0 Å². The van der Waals surface area contributed by atoms with Crippen molar-refractivity contribution in [1.82, 2.24) is 4.90 Å². The van der Waals surface area contributed by atoms with Crippen molar-refractivity contribution >= 4 is 34.8 Å². The van der Waals surface area contributed by atoms with Crippen LogP contribution < -0.4 is 4.74 Å². The van der Waals surface area contributed by atoms with E-state index in [1.807, 2.05) is 60.0 Å². The fourth-order valence-electron chi connectivity index (χ4n) is 3.46. The maximum absolute atomic E-state index is 12.6. The fourth-order valence-corrected chi connectivity index (χ4v) is 4.37. The highest BCUT2D eigenvalue weighted by Crippen LogP contribution is 2.31. The SMILES string of the molecule is O=C(Oc1ccc(-c2ccccc2)cc1Cl)C1CCN(C(=O)c2cccs2)CC1. The number of benzene rings is 2. The Morgan fingerprint density at radius 1 is 0.966 bits per heavy atom. The van der Waals surface area contributed by atoms with Gasteiger partial charge in [-0.3, -0.25) is 9.59 Å². The molecular formula is C23H20ClNO3S. The molecule has 1 amide bonds. The quantitative estimate of drug-likeness (QED) is 0.408. The van der Waals surface area contributed by atoms with E-state index in [4.69, 9.17) is 16.3 Å². The third-order valence-corrected chi connectivity index (χ3v) is 6.25. The van der Waals surface area contributed by atoms with Gasteiger partial charge in [0.15, 0.2) is 0 Å². The van der Waals surface area contributed by atoms with Crippen molar-refractivity contribution in [3.05, 3.63) is 75.9 Å². The van der Waals surface area contributed by atoms with Gasteiger partial charge >= 0.3 is 5.97 Å². The number of thiophene rings is 1. The smallest absolute Gasteiger partial charge is 0.314 e. The monoisotopic (exact) mass is 425 g/mol. The zero-order valence-electron chi connectivity index (χ0n) is 15.7. The first kappa shape index (κ1) is 19.7. The number of amides is 1. The van der Waals surface area contributed by atoms with Crippen molar-refractivity contribution in [3.8, 4) is 16.9 Å². The Labute approximate surface area is 178 Å². The maximum atomic E-state index is 12.6. The zero-order valence-corrected chi connectivity index (χ0v) is 17.3. The summed E-state index contributed by atoms with van der Waals surface area (Å²) in [5.74, 6) is -0.116. The number of carbonyl (C=O) groups excluding carboxylic acids is 2. The van der Waals surface area contributed by atoms with Crippen molar-refractivity contribution in [2.24, 2.45) is 5.92 Å². The molecule has 0 atom stereocenters. The first-order valence-electron chi connectivity index (χ1n) is 9.51. The summed E-state index contributed by atoms with van der Waals surface area (Å²) >= 11 is 7.79. The van der Waals surface area contributed by atoms with Crippen LogP contribution in [0.2, 0.25) is 5.02 Å². The molecule has 29 heavy (non-hydrogen) atoms. The van der Waals surface area contributed by atoms with Crippen LogP contribution in [0.25, 0.3) is 11.1 Å². The average molecular weight is 426 g/mol. The molecule has 3 aromatic rings. The van der Waals surface area contributed by atoms with Gasteiger partial charge in [-0.15, -0.1) is 11.3 Å². The highest BCUT2D eigenvalue weighted by atomic mass is 35.5. The predicted molar refractivity (Wildman–Crippen MR) is 115 cm³/mol. The summed E-state index contributed by atoms with van der Waals surface area (Å²) in [6, 6.07) is 19.0. The summed E-state index contributed by atoms with van der Waals surface area (Å²) in [6.45, 7) is 1.11. The van der Waals surface area contributed by atoms with Gasteiger partial charge in [-0.1, -0.05) is 54.1 Å². The van der Waals surface area contributed by atoms with Gasteiger partial charge < -0.3 is 9.64 Å². The van der Waals surface area contributed by atoms with E-state index < -0.39 is 0 Å². The lowest BCUT2D eigenvalue weighted by molar-refractivity contribution is -0.140. The molecule has 6 heteroatoms. The van der Waals surface area contributed by atoms with E-state index in [0.29, 0.717) is 36.7 Å². The first-order valence-corrected chi connectivity index (χ1v) is 10.8. The summed E-state index contributed by atoms with van der Waals surface area (Å²) in [6.07, 6.45) is 1.19. The molecule has 148 valence electrons.